The highest BCUT2D eigenvalue weighted by Gasteiger charge is 2.17. The maximum atomic E-state index is 12.4. The Hall–Kier alpha value is -4.27. The second kappa shape index (κ2) is 11.4. The molecule has 2 amide bonds. The van der Waals surface area contributed by atoms with Gasteiger partial charge < -0.3 is 14.2 Å². The van der Waals surface area contributed by atoms with E-state index in [1.54, 1.807) is 18.2 Å². The van der Waals surface area contributed by atoms with Crippen molar-refractivity contribution in [3.63, 3.8) is 0 Å². The van der Waals surface area contributed by atoms with E-state index < -0.39 is 31.0 Å². The van der Waals surface area contributed by atoms with Gasteiger partial charge in [0.2, 0.25) is 0 Å². The second-order valence-electron chi connectivity index (χ2n) is 6.63. The highest BCUT2D eigenvalue weighted by atomic mass is 19.3. The summed E-state index contributed by atoms with van der Waals surface area (Å²) < 4.78 is 39.2. The normalized spacial score (nSPS) is 10.4. The topological polar surface area (TPSA) is 90.9 Å². The van der Waals surface area contributed by atoms with Gasteiger partial charge >= 0.3 is 12.6 Å². The van der Waals surface area contributed by atoms with Crippen molar-refractivity contribution in [3.05, 3.63) is 95.6 Å². The van der Waals surface area contributed by atoms with Crippen LogP contribution < -0.4 is 14.8 Å². The number of carbonyl (C=O) groups is 3. The van der Waals surface area contributed by atoms with Gasteiger partial charge in [-0.15, -0.1) is 0 Å². The molecule has 0 aliphatic rings. The molecule has 0 bridgehead atoms. The number of esters is 1. The largest absolute Gasteiger partial charge is 0.488 e. The first-order valence-electron chi connectivity index (χ1n) is 9.74. The lowest BCUT2D eigenvalue weighted by Crippen LogP contribution is -2.34. The molecule has 1 N–H and O–H groups in total. The molecule has 3 rings (SSSR count). The maximum Gasteiger partial charge on any atom is 0.387 e. The molecule has 0 saturated heterocycles. The number of carbonyl (C=O) groups excluding carboxylic acids is 3. The predicted molar refractivity (Wildman–Crippen MR) is 113 cm³/mol. The number of benzene rings is 3. The molecular weight excluding hydrogens is 436 g/mol. The third kappa shape index (κ3) is 7.13. The molecule has 33 heavy (non-hydrogen) atoms. The number of hydrogen-bond acceptors (Lipinski definition) is 6. The molecule has 0 atom stereocenters. The molecule has 0 aromatic heterocycles. The van der Waals surface area contributed by atoms with Crippen molar-refractivity contribution in [2.24, 2.45) is 0 Å². The van der Waals surface area contributed by atoms with Crippen molar-refractivity contribution in [1.82, 2.24) is 5.32 Å². The lowest BCUT2D eigenvalue weighted by Gasteiger charge is -2.11. The monoisotopic (exact) mass is 455 g/mol. The van der Waals surface area contributed by atoms with Gasteiger partial charge in [-0.05, 0) is 42.0 Å². The van der Waals surface area contributed by atoms with Gasteiger partial charge in [0, 0.05) is 5.56 Å². The molecule has 7 nitrogen and oxygen atoms in total. The average molecular weight is 455 g/mol. The van der Waals surface area contributed by atoms with Crippen LogP contribution in [-0.4, -0.2) is 31.0 Å². The Morgan fingerprint density at radius 3 is 2.21 bits per heavy atom. The lowest BCUT2D eigenvalue weighted by molar-refractivity contribution is -0.123. The molecular formula is C24H19F2NO6. The Bertz CT molecular complexity index is 1100. The number of halogens is 2. The van der Waals surface area contributed by atoms with Gasteiger partial charge in [0.1, 0.15) is 23.7 Å². The van der Waals surface area contributed by atoms with Gasteiger partial charge in [-0.25, -0.2) is 4.79 Å². The number of nitrogens with one attached hydrogen (secondary N) is 1. The Kier molecular flexibility index (Phi) is 8.07. The molecule has 3 aromatic carbocycles. The van der Waals surface area contributed by atoms with Gasteiger partial charge in [0.15, 0.2) is 6.61 Å². The number of ether oxygens (including phenoxy) is 3. The van der Waals surface area contributed by atoms with Crippen molar-refractivity contribution < 1.29 is 37.4 Å². The van der Waals surface area contributed by atoms with E-state index in [2.05, 4.69) is 4.74 Å². The molecule has 0 heterocycles. The van der Waals surface area contributed by atoms with Crippen LogP contribution in [0.15, 0.2) is 78.9 Å². The summed E-state index contributed by atoms with van der Waals surface area (Å²) >= 11 is 0. The molecule has 0 unspecified atom stereocenters. The van der Waals surface area contributed by atoms with Crippen LogP contribution in [-0.2, 0) is 16.1 Å². The standard InChI is InChI=1S/C24H19F2NO6/c25-24(26)33-18-12-10-17(11-13-18)22(29)27-21(28)15-32-23(30)19-8-4-5-9-20(19)31-14-16-6-2-1-3-7-16/h1-13,24H,14-15H2,(H,27,28,29). The van der Waals surface area contributed by atoms with E-state index in [0.717, 1.165) is 17.7 Å². The molecule has 0 saturated carbocycles. The summed E-state index contributed by atoms with van der Waals surface area (Å²) in [4.78, 5) is 36.5. The van der Waals surface area contributed by atoms with Gasteiger partial charge in [-0.2, -0.15) is 8.78 Å². The van der Waals surface area contributed by atoms with Crippen LogP contribution in [0.4, 0.5) is 8.78 Å². The zero-order valence-corrected chi connectivity index (χ0v) is 17.2. The quantitative estimate of drug-likeness (QED) is 0.491. The van der Waals surface area contributed by atoms with Crippen LogP contribution in [0.3, 0.4) is 0 Å². The molecule has 0 fully saturated rings. The Labute approximate surface area is 187 Å². The van der Waals surface area contributed by atoms with Crippen LogP contribution in [0.25, 0.3) is 0 Å². The first kappa shape index (κ1) is 23.4. The first-order chi connectivity index (χ1) is 15.9. The van der Waals surface area contributed by atoms with Crippen LogP contribution in [0.2, 0.25) is 0 Å². The molecule has 9 heteroatoms. The zero-order chi connectivity index (χ0) is 23.6. The number of rotatable bonds is 9. The SMILES string of the molecule is O=C(COC(=O)c1ccccc1OCc1ccccc1)NC(=O)c1ccc(OC(F)F)cc1. The molecule has 0 aliphatic heterocycles. The zero-order valence-electron chi connectivity index (χ0n) is 17.2. The van der Waals surface area contributed by atoms with E-state index in [1.807, 2.05) is 35.6 Å². The summed E-state index contributed by atoms with van der Waals surface area (Å²) in [6.07, 6.45) is 0. The maximum absolute atomic E-state index is 12.4. The minimum Gasteiger partial charge on any atom is -0.488 e. The third-order valence-corrected chi connectivity index (χ3v) is 4.27. The summed E-state index contributed by atoms with van der Waals surface area (Å²) in [5.74, 6) is -2.28. The summed E-state index contributed by atoms with van der Waals surface area (Å²) in [7, 11) is 0. The fourth-order valence-corrected chi connectivity index (χ4v) is 2.73. The highest BCUT2D eigenvalue weighted by molar-refractivity contribution is 6.05. The number of amides is 2. The van der Waals surface area contributed by atoms with Crippen LogP contribution >= 0.6 is 0 Å². The molecule has 0 spiro atoms. The lowest BCUT2D eigenvalue weighted by atomic mass is 10.2. The number of hydrogen-bond donors (Lipinski definition) is 1. The van der Waals surface area contributed by atoms with Crippen molar-refractivity contribution in [3.8, 4) is 11.5 Å². The van der Waals surface area contributed by atoms with Crippen molar-refractivity contribution in [2.45, 2.75) is 13.2 Å². The van der Waals surface area contributed by atoms with E-state index in [9.17, 15) is 23.2 Å². The van der Waals surface area contributed by atoms with Gasteiger partial charge in [-0.1, -0.05) is 42.5 Å². The van der Waals surface area contributed by atoms with Crippen molar-refractivity contribution >= 4 is 17.8 Å². The van der Waals surface area contributed by atoms with Crippen molar-refractivity contribution in [2.75, 3.05) is 6.61 Å². The fourth-order valence-electron chi connectivity index (χ4n) is 2.73. The Balaban J connectivity index is 1.52. The second-order valence-corrected chi connectivity index (χ2v) is 6.63. The van der Waals surface area contributed by atoms with Crippen LogP contribution in [0.5, 0.6) is 11.5 Å². The summed E-state index contributed by atoms with van der Waals surface area (Å²) in [5.41, 5.74) is 1.07. The summed E-state index contributed by atoms with van der Waals surface area (Å²) in [5, 5.41) is 2.05. The van der Waals surface area contributed by atoms with Gasteiger partial charge in [-0.3, -0.25) is 14.9 Å². The van der Waals surface area contributed by atoms with E-state index in [0.29, 0.717) is 0 Å². The first-order valence-corrected chi connectivity index (χ1v) is 9.74. The Morgan fingerprint density at radius 2 is 1.52 bits per heavy atom. The average Bonchev–Trinajstić information content (AvgIpc) is 2.82. The molecule has 0 aliphatic carbocycles. The van der Waals surface area contributed by atoms with E-state index in [1.165, 1.54) is 18.2 Å². The third-order valence-electron chi connectivity index (χ3n) is 4.27. The summed E-state index contributed by atoms with van der Waals surface area (Å²) in [6, 6.07) is 20.5. The predicted octanol–water partition coefficient (Wildman–Crippen LogP) is 3.98. The molecule has 0 radical (unpaired) electrons. The highest BCUT2D eigenvalue weighted by Crippen LogP contribution is 2.20. The van der Waals surface area contributed by atoms with E-state index in [4.69, 9.17) is 9.47 Å². The minimum atomic E-state index is -2.99. The fraction of sp³-hybridized carbons (Fsp3) is 0.125. The van der Waals surface area contributed by atoms with Crippen molar-refractivity contribution in [1.29, 1.82) is 0 Å². The minimum absolute atomic E-state index is 0.0379. The smallest absolute Gasteiger partial charge is 0.387 e. The molecule has 3 aromatic rings. The van der Waals surface area contributed by atoms with Crippen LogP contribution in [0.1, 0.15) is 26.3 Å². The van der Waals surface area contributed by atoms with Gasteiger partial charge in [0.05, 0.1) is 0 Å². The van der Waals surface area contributed by atoms with E-state index in [-0.39, 0.29) is 29.2 Å². The summed E-state index contributed by atoms with van der Waals surface area (Å²) in [6.45, 7) is -3.46. The number of para-hydroxylation sites is 1. The van der Waals surface area contributed by atoms with E-state index >= 15 is 0 Å². The van der Waals surface area contributed by atoms with Crippen LogP contribution in [0, 0.1) is 0 Å². The number of imide groups is 1. The number of alkyl halides is 2. The molecule has 170 valence electrons. The van der Waals surface area contributed by atoms with Gasteiger partial charge in [0.25, 0.3) is 11.8 Å². The Morgan fingerprint density at radius 1 is 0.848 bits per heavy atom.